The lowest BCUT2D eigenvalue weighted by Gasteiger charge is -2.11. The van der Waals surface area contributed by atoms with E-state index >= 15 is 0 Å². The third-order valence-electron chi connectivity index (χ3n) is 3.18. The van der Waals surface area contributed by atoms with Gasteiger partial charge in [0.15, 0.2) is 0 Å². The number of amides is 1. The first-order valence-electron chi connectivity index (χ1n) is 6.10. The fraction of sp³-hybridized carbons (Fsp3) is 0.286. The highest BCUT2D eigenvalue weighted by Gasteiger charge is 2.13. The van der Waals surface area contributed by atoms with E-state index in [0.29, 0.717) is 22.9 Å². The summed E-state index contributed by atoms with van der Waals surface area (Å²) >= 11 is 6.13. The SMILES string of the molecule is COc1ccc(C(N)=O)cc1Cn1nc(C)c(Cl)c1C. The van der Waals surface area contributed by atoms with Crippen LogP contribution in [0.2, 0.25) is 5.02 Å². The number of aryl methyl sites for hydroxylation is 1. The van der Waals surface area contributed by atoms with E-state index in [-0.39, 0.29) is 0 Å². The van der Waals surface area contributed by atoms with Crippen LogP contribution in [0.4, 0.5) is 0 Å². The van der Waals surface area contributed by atoms with Gasteiger partial charge in [-0.2, -0.15) is 5.10 Å². The molecule has 0 radical (unpaired) electrons. The minimum atomic E-state index is -0.472. The summed E-state index contributed by atoms with van der Waals surface area (Å²) in [5.74, 6) is 0.207. The summed E-state index contributed by atoms with van der Waals surface area (Å²) in [6.07, 6.45) is 0. The maximum Gasteiger partial charge on any atom is 0.248 e. The van der Waals surface area contributed by atoms with Crippen LogP contribution >= 0.6 is 11.6 Å². The maximum atomic E-state index is 11.3. The summed E-state index contributed by atoms with van der Waals surface area (Å²) in [7, 11) is 1.58. The van der Waals surface area contributed by atoms with Crippen molar-refractivity contribution in [1.29, 1.82) is 0 Å². The van der Waals surface area contributed by atoms with E-state index in [1.807, 2.05) is 13.8 Å². The second-order valence-electron chi connectivity index (χ2n) is 4.53. The summed E-state index contributed by atoms with van der Waals surface area (Å²) in [5, 5.41) is 5.02. The standard InChI is InChI=1S/C14H16ClN3O2/c1-8-13(15)9(2)18(17-8)7-11-6-10(14(16)19)4-5-12(11)20-3/h4-6H,7H2,1-3H3,(H2,16,19). The van der Waals surface area contributed by atoms with Crippen LogP contribution in [0.3, 0.4) is 0 Å². The Morgan fingerprint density at radius 1 is 1.45 bits per heavy atom. The minimum Gasteiger partial charge on any atom is -0.496 e. The molecule has 5 nitrogen and oxygen atoms in total. The molecule has 1 aromatic carbocycles. The highest BCUT2D eigenvalue weighted by Crippen LogP contribution is 2.24. The first kappa shape index (κ1) is 14.4. The van der Waals surface area contributed by atoms with E-state index in [1.165, 1.54) is 0 Å². The topological polar surface area (TPSA) is 70.1 Å². The van der Waals surface area contributed by atoms with Crippen molar-refractivity contribution in [3.63, 3.8) is 0 Å². The van der Waals surface area contributed by atoms with Gasteiger partial charge < -0.3 is 10.5 Å². The van der Waals surface area contributed by atoms with Gasteiger partial charge in [0.25, 0.3) is 0 Å². The third kappa shape index (κ3) is 2.63. The summed E-state index contributed by atoms with van der Waals surface area (Å²) in [4.78, 5) is 11.3. The maximum absolute atomic E-state index is 11.3. The number of methoxy groups -OCH3 is 1. The van der Waals surface area contributed by atoms with Gasteiger partial charge in [-0.05, 0) is 32.0 Å². The molecule has 0 bridgehead atoms. The van der Waals surface area contributed by atoms with Gasteiger partial charge in [-0.1, -0.05) is 11.6 Å². The smallest absolute Gasteiger partial charge is 0.248 e. The molecule has 0 spiro atoms. The fourth-order valence-corrected chi connectivity index (χ4v) is 2.18. The van der Waals surface area contributed by atoms with E-state index in [1.54, 1.807) is 30.0 Å². The minimum absolute atomic E-state index is 0.438. The van der Waals surface area contributed by atoms with Crippen molar-refractivity contribution in [3.05, 3.63) is 45.7 Å². The lowest BCUT2D eigenvalue weighted by molar-refractivity contribution is 0.1000. The second-order valence-corrected chi connectivity index (χ2v) is 4.91. The number of hydrogen-bond donors (Lipinski definition) is 1. The summed E-state index contributed by atoms with van der Waals surface area (Å²) < 4.78 is 7.08. The van der Waals surface area contributed by atoms with Gasteiger partial charge in [0, 0.05) is 11.1 Å². The summed E-state index contributed by atoms with van der Waals surface area (Å²) in [5.41, 5.74) is 8.21. The molecule has 0 aliphatic rings. The van der Waals surface area contributed by atoms with Crippen molar-refractivity contribution in [2.24, 2.45) is 5.73 Å². The number of halogens is 1. The van der Waals surface area contributed by atoms with E-state index < -0.39 is 5.91 Å². The van der Waals surface area contributed by atoms with E-state index in [9.17, 15) is 4.79 Å². The molecule has 0 saturated heterocycles. The molecule has 0 atom stereocenters. The Morgan fingerprint density at radius 3 is 2.65 bits per heavy atom. The Kier molecular flexibility index (Phi) is 3.99. The predicted molar refractivity (Wildman–Crippen MR) is 77.3 cm³/mol. The molecule has 0 saturated carbocycles. The summed E-state index contributed by atoms with van der Waals surface area (Å²) in [6, 6.07) is 5.08. The third-order valence-corrected chi connectivity index (χ3v) is 3.73. The molecule has 1 aromatic heterocycles. The Balaban J connectivity index is 2.43. The van der Waals surface area contributed by atoms with Crippen molar-refractivity contribution in [1.82, 2.24) is 9.78 Å². The normalized spacial score (nSPS) is 10.6. The number of aromatic nitrogens is 2. The van der Waals surface area contributed by atoms with Gasteiger partial charge in [-0.15, -0.1) is 0 Å². The van der Waals surface area contributed by atoms with E-state index in [0.717, 1.165) is 17.0 Å². The zero-order valence-electron chi connectivity index (χ0n) is 11.6. The van der Waals surface area contributed by atoms with Crippen molar-refractivity contribution in [2.45, 2.75) is 20.4 Å². The molecule has 0 aliphatic carbocycles. The second kappa shape index (κ2) is 5.54. The van der Waals surface area contributed by atoms with Crippen LogP contribution in [0, 0.1) is 13.8 Å². The number of ether oxygens (including phenoxy) is 1. The number of carbonyl (C=O) groups excluding carboxylic acids is 1. The van der Waals surface area contributed by atoms with Crippen molar-refractivity contribution >= 4 is 17.5 Å². The molecule has 0 fully saturated rings. The first-order valence-corrected chi connectivity index (χ1v) is 6.48. The number of carbonyl (C=O) groups is 1. The Hall–Kier alpha value is -2.01. The molecule has 0 aliphatic heterocycles. The van der Waals surface area contributed by atoms with Crippen LogP contribution in [-0.2, 0) is 6.54 Å². The molecule has 2 N–H and O–H groups in total. The largest absolute Gasteiger partial charge is 0.496 e. The van der Waals surface area contributed by atoms with Gasteiger partial charge in [0.2, 0.25) is 5.91 Å². The number of benzene rings is 1. The highest BCUT2D eigenvalue weighted by atomic mass is 35.5. The van der Waals surface area contributed by atoms with Crippen LogP contribution in [-0.4, -0.2) is 22.8 Å². The highest BCUT2D eigenvalue weighted by molar-refractivity contribution is 6.31. The lowest BCUT2D eigenvalue weighted by Crippen LogP contribution is -2.12. The Morgan fingerprint density at radius 2 is 2.15 bits per heavy atom. The van der Waals surface area contributed by atoms with Gasteiger partial charge in [0.05, 0.1) is 30.1 Å². The van der Waals surface area contributed by atoms with E-state index in [2.05, 4.69) is 5.10 Å². The van der Waals surface area contributed by atoms with Gasteiger partial charge >= 0.3 is 0 Å². The van der Waals surface area contributed by atoms with Crippen LogP contribution in [0.25, 0.3) is 0 Å². The average Bonchev–Trinajstić information content (AvgIpc) is 2.66. The lowest BCUT2D eigenvalue weighted by atomic mass is 10.1. The van der Waals surface area contributed by atoms with Gasteiger partial charge in [-0.3, -0.25) is 9.48 Å². The number of rotatable bonds is 4. The Bertz CT molecular complexity index is 665. The van der Waals surface area contributed by atoms with Crippen molar-refractivity contribution in [3.8, 4) is 5.75 Å². The average molecular weight is 294 g/mol. The molecule has 0 unspecified atom stereocenters. The van der Waals surface area contributed by atoms with Gasteiger partial charge in [0.1, 0.15) is 5.75 Å². The van der Waals surface area contributed by atoms with Crippen molar-refractivity contribution in [2.75, 3.05) is 7.11 Å². The molecule has 2 aromatic rings. The molecule has 20 heavy (non-hydrogen) atoms. The molecular weight excluding hydrogens is 278 g/mol. The van der Waals surface area contributed by atoms with Crippen LogP contribution < -0.4 is 10.5 Å². The first-order chi connectivity index (χ1) is 9.43. The molecule has 1 amide bonds. The van der Waals surface area contributed by atoms with E-state index in [4.69, 9.17) is 22.1 Å². The van der Waals surface area contributed by atoms with Crippen LogP contribution in [0.5, 0.6) is 5.75 Å². The van der Waals surface area contributed by atoms with Crippen molar-refractivity contribution < 1.29 is 9.53 Å². The molecule has 106 valence electrons. The quantitative estimate of drug-likeness (QED) is 0.940. The summed E-state index contributed by atoms with van der Waals surface area (Å²) in [6.45, 7) is 4.21. The predicted octanol–water partition coefficient (Wildman–Crippen LogP) is 2.31. The Labute approximate surface area is 122 Å². The zero-order valence-corrected chi connectivity index (χ0v) is 12.4. The molecular formula is C14H16ClN3O2. The number of nitrogens with zero attached hydrogens (tertiary/aromatic N) is 2. The zero-order chi connectivity index (χ0) is 14.9. The molecule has 6 heteroatoms. The number of hydrogen-bond acceptors (Lipinski definition) is 3. The van der Waals surface area contributed by atoms with Crippen LogP contribution in [0.1, 0.15) is 27.3 Å². The monoisotopic (exact) mass is 293 g/mol. The molecule has 1 heterocycles. The number of nitrogens with two attached hydrogens (primary N) is 1. The number of primary amides is 1. The van der Waals surface area contributed by atoms with Crippen LogP contribution in [0.15, 0.2) is 18.2 Å². The fourth-order valence-electron chi connectivity index (χ4n) is 2.05. The van der Waals surface area contributed by atoms with Gasteiger partial charge in [-0.25, -0.2) is 0 Å². The molecule has 2 rings (SSSR count).